The van der Waals surface area contributed by atoms with Crippen molar-refractivity contribution in [3.63, 3.8) is 0 Å². The molecule has 0 aliphatic carbocycles. The number of fused-ring (bicyclic) bond motifs is 1. The molecule has 0 unspecified atom stereocenters. The fourth-order valence-electron chi connectivity index (χ4n) is 3.56. The number of H-pyrrole nitrogens is 1. The zero-order chi connectivity index (χ0) is 25.5. The number of imidazole rings is 1. The van der Waals surface area contributed by atoms with E-state index in [0.29, 0.717) is 41.8 Å². The number of halogens is 1. The number of likely N-dealkylation sites (N-methyl/N-ethyl adjacent to an activating group) is 1. The SMILES string of the molecule is CC(C)Cc1c(F)cnc2nc(Cn3cccc(NC(=O)CCC/C=C/C(=O)N(C)C)c3=O)[nH]c12. The van der Waals surface area contributed by atoms with Crippen molar-refractivity contribution >= 4 is 28.7 Å². The lowest BCUT2D eigenvalue weighted by atomic mass is 10.0. The van der Waals surface area contributed by atoms with Gasteiger partial charge in [-0.1, -0.05) is 19.9 Å². The van der Waals surface area contributed by atoms with Crippen LogP contribution in [-0.2, 0) is 22.6 Å². The van der Waals surface area contributed by atoms with Crippen LogP contribution in [-0.4, -0.2) is 50.3 Å². The zero-order valence-corrected chi connectivity index (χ0v) is 20.5. The van der Waals surface area contributed by atoms with E-state index in [4.69, 9.17) is 0 Å². The summed E-state index contributed by atoms with van der Waals surface area (Å²) in [6.45, 7) is 4.13. The van der Waals surface area contributed by atoms with Gasteiger partial charge in [0, 0.05) is 32.3 Å². The van der Waals surface area contributed by atoms with E-state index in [1.807, 2.05) is 13.8 Å². The quantitative estimate of drug-likeness (QED) is 0.340. The second kappa shape index (κ2) is 11.5. The van der Waals surface area contributed by atoms with E-state index in [-0.39, 0.29) is 47.8 Å². The van der Waals surface area contributed by atoms with Gasteiger partial charge in [0.2, 0.25) is 11.8 Å². The molecule has 0 bridgehead atoms. The van der Waals surface area contributed by atoms with Crippen LogP contribution in [0.3, 0.4) is 0 Å². The van der Waals surface area contributed by atoms with Gasteiger partial charge in [-0.25, -0.2) is 14.4 Å². The van der Waals surface area contributed by atoms with E-state index >= 15 is 0 Å². The first kappa shape index (κ1) is 25.8. The average Bonchev–Trinajstić information content (AvgIpc) is 3.20. The Morgan fingerprint density at radius 1 is 1.31 bits per heavy atom. The Hall–Kier alpha value is -3.82. The maximum absolute atomic E-state index is 14.3. The van der Waals surface area contributed by atoms with Crippen LogP contribution in [0.5, 0.6) is 0 Å². The van der Waals surface area contributed by atoms with Crippen LogP contribution in [0.15, 0.2) is 41.5 Å². The van der Waals surface area contributed by atoms with Crippen molar-refractivity contribution < 1.29 is 14.0 Å². The molecule has 0 aliphatic rings. The smallest absolute Gasteiger partial charge is 0.274 e. The van der Waals surface area contributed by atoms with Gasteiger partial charge in [0.15, 0.2) is 5.65 Å². The molecule has 3 aromatic rings. The minimum absolute atomic E-state index is 0.110. The minimum atomic E-state index is -0.386. The third-order valence-corrected chi connectivity index (χ3v) is 5.33. The number of aromatic nitrogens is 4. The molecule has 35 heavy (non-hydrogen) atoms. The molecule has 0 spiro atoms. The topological polar surface area (TPSA) is 113 Å². The summed E-state index contributed by atoms with van der Waals surface area (Å²) in [5, 5.41) is 2.65. The van der Waals surface area contributed by atoms with Gasteiger partial charge in [-0.15, -0.1) is 0 Å². The van der Waals surface area contributed by atoms with Crippen LogP contribution < -0.4 is 10.9 Å². The van der Waals surface area contributed by atoms with Crippen LogP contribution in [0, 0.1) is 11.7 Å². The zero-order valence-electron chi connectivity index (χ0n) is 20.5. The van der Waals surface area contributed by atoms with E-state index in [9.17, 15) is 18.8 Å². The van der Waals surface area contributed by atoms with Gasteiger partial charge in [0.25, 0.3) is 5.56 Å². The summed E-state index contributed by atoms with van der Waals surface area (Å²) in [7, 11) is 3.34. The standard InChI is InChI=1S/C25H31FN6O3/c1-16(2)13-17-18(26)14-27-24-23(17)29-20(30-24)15-32-12-8-9-19(25(32)35)28-21(33)10-6-5-7-11-22(34)31(3)4/h7-9,11-12,14,16H,5-6,10,13,15H2,1-4H3,(H,28,33)(H,27,29,30)/b11-7+. The molecule has 9 nitrogen and oxygen atoms in total. The Kier molecular flexibility index (Phi) is 8.51. The van der Waals surface area contributed by atoms with Crippen molar-refractivity contribution in [2.24, 2.45) is 5.92 Å². The van der Waals surface area contributed by atoms with Crippen LogP contribution >= 0.6 is 0 Å². The predicted octanol–water partition coefficient (Wildman–Crippen LogP) is 3.26. The molecule has 186 valence electrons. The lowest BCUT2D eigenvalue weighted by molar-refractivity contribution is -0.123. The Bertz CT molecular complexity index is 1290. The molecular weight excluding hydrogens is 451 g/mol. The summed E-state index contributed by atoms with van der Waals surface area (Å²) in [6, 6.07) is 3.21. The molecule has 0 atom stereocenters. The van der Waals surface area contributed by atoms with Crippen molar-refractivity contribution in [1.29, 1.82) is 0 Å². The molecular formula is C25H31FN6O3. The molecule has 0 aliphatic heterocycles. The van der Waals surface area contributed by atoms with Crippen molar-refractivity contribution in [3.05, 3.63) is 64.2 Å². The number of carbonyl (C=O) groups excluding carboxylic acids is 2. The number of anilines is 1. The maximum atomic E-state index is 14.3. The van der Waals surface area contributed by atoms with Crippen LogP contribution in [0.2, 0.25) is 0 Å². The van der Waals surface area contributed by atoms with E-state index in [0.717, 1.165) is 0 Å². The number of hydrogen-bond donors (Lipinski definition) is 2. The molecule has 3 heterocycles. The van der Waals surface area contributed by atoms with E-state index in [1.54, 1.807) is 38.5 Å². The van der Waals surface area contributed by atoms with Crippen LogP contribution in [0.4, 0.5) is 10.1 Å². The van der Waals surface area contributed by atoms with Gasteiger partial charge in [0.1, 0.15) is 17.3 Å². The summed E-state index contributed by atoms with van der Waals surface area (Å²) in [5.74, 6) is -0.0631. The number of carbonyl (C=O) groups is 2. The largest absolute Gasteiger partial charge is 0.345 e. The fraction of sp³-hybridized carbons (Fsp3) is 0.400. The van der Waals surface area contributed by atoms with Gasteiger partial charge in [-0.05, 0) is 43.4 Å². The Labute approximate surface area is 203 Å². The number of allylic oxidation sites excluding steroid dienone is 1. The Morgan fingerprint density at radius 2 is 2.09 bits per heavy atom. The number of amides is 2. The first-order chi connectivity index (χ1) is 16.7. The number of nitrogens with one attached hydrogen (secondary N) is 2. The summed E-state index contributed by atoms with van der Waals surface area (Å²) >= 11 is 0. The summed E-state index contributed by atoms with van der Waals surface area (Å²) in [5.41, 5.74) is 1.25. The molecule has 0 fully saturated rings. The normalized spacial score (nSPS) is 11.5. The van der Waals surface area contributed by atoms with Gasteiger partial charge in [0.05, 0.1) is 18.3 Å². The fourth-order valence-corrected chi connectivity index (χ4v) is 3.56. The third-order valence-electron chi connectivity index (χ3n) is 5.33. The third kappa shape index (κ3) is 6.84. The molecule has 2 N–H and O–H groups in total. The molecule has 0 radical (unpaired) electrons. The lowest BCUT2D eigenvalue weighted by Crippen LogP contribution is -2.26. The minimum Gasteiger partial charge on any atom is -0.345 e. The molecule has 10 heteroatoms. The van der Waals surface area contributed by atoms with Crippen molar-refractivity contribution in [2.45, 2.75) is 46.1 Å². The molecule has 2 amide bonds. The second-order valence-electron chi connectivity index (χ2n) is 9.00. The number of unbranched alkanes of at least 4 members (excludes halogenated alkanes) is 1. The van der Waals surface area contributed by atoms with E-state index in [1.165, 1.54) is 21.7 Å². The Balaban J connectivity index is 1.66. The first-order valence-electron chi connectivity index (χ1n) is 11.5. The lowest BCUT2D eigenvalue weighted by Gasteiger charge is -2.08. The number of nitrogens with zero attached hydrogens (tertiary/aromatic N) is 4. The van der Waals surface area contributed by atoms with Crippen LogP contribution in [0.1, 0.15) is 44.5 Å². The van der Waals surface area contributed by atoms with E-state index < -0.39 is 0 Å². The van der Waals surface area contributed by atoms with Gasteiger partial charge in [-0.3, -0.25) is 14.4 Å². The monoisotopic (exact) mass is 482 g/mol. The molecule has 0 saturated heterocycles. The molecule has 0 aromatic carbocycles. The summed E-state index contributed by atoms with van der Waals surface area (Å²) < 4.78 is 15.7. The highest BCUT2D eigenvalue weighted by Crippen LogP contribution is 2.21. The molecule has 3 aromatic heterocycles. The number of rotatable bonds is 10. The average molecular weight is 483 g/mol. The number of pyridine rings is 2. The van der Waals surface area contributed by atoms with Crippen molar-refractivity contribution in [2.75, 3.05) is 19.4 Å². The second-order valence-corrected chi connectivity index (χ2v) is 9.00. The highest BCUT2D eigenvalue weighted by molar-refractivity contribution is 5.90. The van der Waals surface area contributed by atoms with E-state index in [2.05, 4.69) is 20.3 Å². The molecule has 0 saturated carbocycles. The Morgan fingerprint density at radius 3 is 2.80 bits per heavy atom. The predicted molar refractivity (Wildman–Crippen MR) is 133 cm³/mol. The highest BCUT2D eigenvalue weighted by Gasteiger charge is 2.15. The van der Waals surface area contributed by atoms with Crippen LogP contribution in [0.25, 0.3) is 11.2 Å². The highest BCUT2D eigenvalue weighted by atomic mass is 19.1. The summed E-state index contributed by atoms with van der Waals surface area (Å²) in [4.78, 5) is 49.7. The number of aromatic amines is 1. The van der Waals surface area contributed by atoms with Gasteiger partial charge in [-0.2, -0.15) is 0 Å². The number of hydrogen-bond acceptors (Lipinski definition) is 5. The summed E-state index contributed by atoms with van der Waals surface area (Å²) in [6.07, 6.45) is 7.84. The molecule has 3 rings (SSSR count). The van der Waals surface area contributed by atoms with Crippen molar-refractivity contribution in [1.82, 2.24) is 24.4 Å². The van der Waals surface area contributed by atoms with Gasteiger partial charge < -0.3 is 19.8 Å². The first-order valence-corrected chi connectivity index (χ1v) is 11.5. The maximum Gasteiger partial charge on any atom is 0.274 e. The van der Waals surface area contributed by atoms with Crippen molar-refractivity contribution in [3.8, 4) is 0 Å². The van der Waals surface area contributed by atoms with Gasteiger partial charge >= 0.3 is 0 Å².